The number of rotatable bonds is 2. The molecule has 1 aromatic rings. The number of hydrogen-bond donors (Lipinski definition) is 0. The van der Waals surface area contributed by atoms with Crippen LogP contribution in [0.4, 0.5) is 4.39 Å². The van der Waals surface area contributed by atoms with Crippen LogP contribution in [-0.2, 0) is 6.42 Å². The van der Waals surface area contributed by atoms with E-state index in [9.17, 15) is 4.39 Å². The molecule has 0 saturated carbocycles. The molecule has 0 fully saturated rings. The third kappa shape index (κ3) is 2.80. The standard InChI is InChI=1S/C8H7BrFN/c1-6(10)4-7-2-3-8(9)11-5-7/h2-3,5H,1,4H2. The van der Waals surface area contributed by atoms with Crippen molar-refractivity contribution in [2.24, 2.45) is 0 Å². The van der Waals surface area contributed by atoms with Crippen LogP contribution < -0.4 is 0 Å². The lowest BCUT2D eigenvalue weighted by Crippen LogP contribution is -1.85. The SMILES string of the molecule is C=C(F)Cc1ccc(Br)nc1. The number of hydrogen-bond acceptors (Lipinski definition) is 1. The molecular formula is C8H7BrFN. The summed E-state index contributed by atoms with van der Waals surface area (Å²) in [5, 5.41) is 0. The van der Waals surface area contributed by atoms with E-state index >= 15 is 0 Å². The maximum atomic E-state index is 12.3. The van der Waals surface area contributed by atoms with Gasteiger partial charge in [-0.25, -0.2) is 9.37 Å². The van der Waals surface area contributed by atoms with Gasteiger partial charge < -0.3 is 0 Å². The molecule has 0 aromatic carbocycles. The van der Waals surface area contributed by atoms with Crippen molar-refractivity contribution < 1.29 is 4.39 Å². The Labute approximate surface area is 73.1 Å². The van der Waals surface area contributed by atoms with Crippen LogP contribution in [-0.4, -0.2) is 4.98 Å². The summed E-state index contributed by atoms with van der Waals surface area (Å²) in [6, 6.07) is 3.58. The van der Waals surface area contributed by atoms with Gasteiger partial charge in [0.2, 0.25) is 0 Å². The van der Waals surface area contributed by atoms with E-state index in [1.165, 1.54) is 0 Å². The summed E-state index contributed by atoms with van der Waals surface area (Å²) >= 11 is 3.18. The average molecular weight is 216 g/mol. The molecule has 0 amide bonds. The molecule has 0 N–H and O–H groups in total. The van der Waals surface area contributed by atoms with Gasteiger partial charge >= 0.3 is 0 Å². The van der Waals surface area contributed by atoms with Crippen LogP contribution >= 0.6 is 15.9 Å². The first kappa shape index (κ1) is 8.40. The lowest BCUT2D eigenvalue weighted by molar-refractivity contribution is 0.616. The largest absolute Gasteiger partial charge is 0.249 e. The van der Waals surface area contributed by atoms with Gasteiger partial charge in [0.05, 0.1) is 5.83 Å². The Morgan fingerprint density at radius 1 is 1.64 bits per heavy atom. The quantitative estimate of drug-likeness (QED) is 0.692. The minimum Gasteiger partial charge on any atom is -0.249 e. The van der Waals surface area contributed by atoms with Gasteiger partial charge in [-0.2, -0.15) is 0 Å². The number of pyridine rings is 1. The Kier molecular flexibility index (Phi) is 2.76. The number of nitrogens with zero attached hydrogens (tertiary/aromatic N) is 1. The zero-order valence-electron chi connectivity index (χ0n) is 5.85. The van der Waals surface area contributed by atoms with Crippen molar-refractivity contribution in [3.05, 3.63) is 40.9 Å². The number of allylic oxidation sites excluding steroid dienone is 1. The smallest absolute Gasteiger partial charge is 0.106 e. The Morgan fingerprint density at radius 2 is 2.36 bits per heavy atom. The molecule has 0 bridgehead atoms. The van der Waals surface area contributed by atoms with Crippen LogP contribution in [0.1, 0.15) is 5.56 Å². The topological polar surface area (TPSA) is 12.9 Å². The van der Waals surface area contributed by atoms with Gasteiger partial charge in [-0.1, -0.05) is 12.6 Å². The molecule has 11 heavy (non-hydrogen) atoms. The fourth-order valence-electron chi connectivity index (χ4n) is 0.733. The summed E-state index contributed by atoms with van der Waals surface area (Å²) < 4.78 is 13.0. The number of halogens is 2. The summed E-state index contributed by atoms with van der Waals surface area (Å²) in [7, 11) is 0. The monoisotopic (exact) mass is 215 g/mol. The molecule has 1 aromatic heterocycles. The van der Waals surface area contributed by atoms with Crippen molar-refractivity contribution >= 4 is 15.9 Å². The zero-order valence-corrected chi connectivity index (χ0v) is 7.44. The van der Waals surface area contributed by atoms with Crippen LogP contribution in [0, 0.1) is 0 Å². The number of aromatic nitrogens is 1. The van der Waals surface area contributed by atoms with Crippen LogP contribution in [0.3, 0.4) is 0 Å². The van der Waals surface area contributed by atoms with Crippen LogP contribution in [0.5, 0.6) is 0 Å². The van der Waals surface area contributed by atoms with E-state index in [0.29, 0.717) is 0 Å². The first-order valence-corrected chi connectivity index (χ1v) is 3.91. The van der Waals surface area contributed by atoms with Gasteiger partial charge in [-0.15, -0.1) is 0 Å². The van der Waals surface area contributed by atoms with E-state index in [1.807, 2.05) is 6.07 Å². The Hall–Kier alpha value is -0.700. The molecule has 0 spiro atoms. The van der Waals surface area contributed by atoms with E-state index in [4.69, 9.17) is 0 Å². The van der Waals surface area contributed by atoms with Gasteiger partial charge in [0.15, 0.2) is 0 Å². The van der Waals surface area contributed by atoms with Crippen molar-refractivity contribution in [3.63, 3.8) is 0 Å². The first-order valence-electron chi connectivity index (χ1n) is 3.12. The van der Waals surface area contributed by atoms with Gasteiger partial charge in [0.1, 0.15) is 4.60 Å². The average Bonchev–Trinajstić information content (AvgIpc) is 1.93. The van der Waals surface area contributed by atoms with Crippen molar-refractivity contribution in [2.45, 2.75) is 6.42 Å². The van der Waals surface area contributed by atoms with E-state index in [0.717, 1.165) is 10.2 Å². The third-order valence-electron chi connectivity index (χ3n) is 1.18. The molecule has 0 unspecified atom stereocenters. The molecule has 0 aliphatic heterocycles. The third-order valence-corrected chi connectivity index (χ3v) is 1.65. The van der Waals surface area contributed by atoms with Gasteiger partial charge in [0.25, 0.3) is 0 Å². The Balaban J connectivity index is 2.74. The van der Waals surface area contributed by atoms with Crippen LogP contribution in [0.15, 0.2) is 35.3 Å². The normalized spacial score (nSPS) is 9.64. The van der Waals surface area contributed by atoms with Crippen molar-refractivity contribution in [1.82, 2.24) is 4.98 Å². The van der Waals surface area contributed by atoms with Crippen molar-refractivity contribution in [2.75, 3.05) is 0 Å². The van der Waals surface area contributed by atoms with Crippen molar-refractivity contribution in [1.29, 1.82) is 0 Å². The van der Waals surface area contributed by atoms with E-state index in [1.54, 1.807) is 12.3 Å². The van der Waals surface area contributed by atoms with Gasteiger partial charge in [0, 0.05) is 12.6 Å². The highest BCUT2D eigenvalue weighted by atomic mass is 79.9. The molecule has 0 aliphatic carbocycles. The van der Waals surface area contributed by atoms with Gasteiger partial charge in [-0.3, -0.25) is 0 Å². The lowest BCUT2D eigenvalue weighted by atomic mass is 10.2. The fourth-order valence-corrected chi connectivity index (χ4v) is 0.967. The van der Waals surface area contributed by atoms with Gasteiger partial charge in [-0.05, 0) is 27.6 Å². The van der Waals surface area contributed by atoms with E-state index in [2.05, 4.69) is 27.5 Å². The van der Waals surface area contributed by atoms with Crippen LogP contribution in [0.25, 0.3) is 0 Å². The molecule has 58 valence electrons. The van der Waals surface area contributed by atoms with Crippen LogP contribution in [0.2, 0.25) is 0 Å². The molecule has 0 radical (unpaired) electrons. The molecule has 1 nitrogen and oxygen atoms in total. The maximum absolute atomic E-state index is 12.3. The highest BCUT2D eigenvalue weighted by molar-refractivity contribution is 9.10. The minimum atomic E-state index is -0.339. The summed E-state index contributed by atoms with van der Waals surface area (Å²) in [5.41, 5.74) is 0.834. The minimum absolute atomic E-state index is 0.250. The summed E-state index contributed by atoms with van der Waals surface area (Å²) in [6.07, 6.45) is 1.87. The molecule has 1 heterocycles. The lowest BCUT2D eigenvalue weighted by Gasteiger charge is -1.96. The first-order chi connectivity index (χ1) is 5.18. The molecule has 0 saturated heterocycles. The second kappa shape index (κ2) is 3.62. The molecular weight excluding hydrogens is 209 g/mol. The molecule has 3 heteroatoms. The summed E-state index contributed by atoms with van der Waals surface area (Å²) in [5.74, 6) is -0.339. The fraction of sp³-hybridized carbons (Fsp3) is 0.125. The van der Waals surface area contributed by atoms with Crippen molar-refractivity contribution in [3.8, 4) is 0 Å². The Bertz CT molecular complexity index is 255. The zero-order chi connectivity index (χ0) is 8.27. The van der Waals surface area contributed by atoms with E-state index in [-0.39, 0.29) is 12.2 Å². The predicted octanol–water partition coefficient (Wildman–Crippen LogP) is 2.87. The second-order valence-electron chi connectivity index (χ2n) is 2.18. The highest BCUT2D eigenvalue weighted by Gasteiger charge is 1.95. The predicted molar refractivity (Wildman–Crippen MR) is 45.9 cm³/mol. The molecule has 1 rings (SSSR count). The molecule has 0 atom stereocenters. The highest BCUT2D eigenvalue weighted by Crippen LogP contribution is 2.09. The van der Waals surface area contributed by atoms with E-state index < -0.39 is 0 Å². The summed E-state index contributed by atoms with van der Waals surface area (Å²) in [6.45, 7) is 3.17. The summed E-state index contributed by atoms with van der Waals surface area (Å²) in [4.78, 5) is 3.94. The second-order valence-corrected chi connectivity index (χ2v) is 3.00. The maximum Gasteiger partial charge on any atom is 0.106 e. The Morgan fingerprint density at radius 3 is 2.82 bits per heavy atom. The molecule has 0 aliphatic rings.